The molecular formula is C14H24N2O. The minimum Gasteiger partial charge on any atom is -0.396 e. The molecule has 0 amide bonds. The summed E-state index contributed by atoms with van der Waals surface area (Å²) in [5, 5.41) is 12.4. The first kappa shape index (κ1) is 14.1. The van der Waals surface area contributed by atoms with Crippen LogP contribution in [0.1, 0.15) is 44.8 Å². The van der Waals surface area contributed by atoms with Crippen LogP contribution in [0.5, 0.6) is 0 Å². The van der Waals surface area contributed by atoms with E-state index in [0.717, 1.165) is 31.5 Å². The van der Waals surface area contributed by atoms with E-state index >= 15 is 0 Å². The van der Waals surface area contributed by atoms with E-state index in [2.05, 4.69) is 30.2 Å². The van der Waals surface area contributed by atoms with Crippen molar-refractivity contribution in [2.24, 2.45) is 5.92 Å². The molecule has 0 aliphatic carbocycles. The van der Waals surface area contributed by atoms with Gasteiger partial charge in [-0.05, 0) is 37.4 Å². The van der Waals surface area contributed by atoms with Crippen LogP contribution in [0.3, 0.4) is 0 Å². The molecule has 1 rings (SSSR count). The first-order valence-corrected chi connectivity index (χ1v) is 6.53. The van der Waals surface area contributed by atoms with Crippen molar-refractivity contribution in [2.75, 3.05) is 13.2 Å². The quantitative estimate of drug-likeness (QED) is 0.729. The van der Waals surface area contributed by atoms with Gasteiger partial charge >= 0.3 is 0 Å². The Balaban J connectivity index is 2.49. The van der Waals surface area contributed by atoms with E-state index < -0.39 is 0 Å². The van der Waals surface area contributed by atoms with Crippen molar-refractivity contribution in [1.29, 1.82) is 0 Å². The molecule has 17 heavy (non-hydrogen) atoms. The smallest absolute Gasteiger partial charge is 0.0573 e. The van der Waals surface area contributed by atoms with Gasteiger partial charge in [0.15, 0.2) is 0 Å². The molecule has 0 radical (unpaired) electrons. The predicted molar refractivity (Wildman–Crippen MR) is 70.8 cm³/mol. The van der Waals surface area contributed by atoms with Crippen LogP contribution >= 0.6 is 0 Å². The molecule has 0 spiro atoms. The van der Waals surface area contributed by atoms with Gasteiger partial charge in [-0.25, -0.2) is 0 Å². The lowest BCUT2D eigenvalue weighted by atomic mass is 10.0. The van der Waals surface area contributed by atoms with Gasteiger partial charge in [0.1, 0.15) is 0 Å². The Hall–Kier alpha value is -0.930. The van der Waals surface area contributed by atoms with Crippen molar-refractivity contribution in [3.8, 4) is 0 Å². The van der Waals surface area contributed by atoms with E-state index in [9.17, 15) is 0 Å². The summed E-state index contributed by atoms with van der Waals surface area (Å²) in [5.74, 6) is 0.503. The number of hydrogen-bond acceptors (Lipinski definition) is 3. The van der Waals surface area contributed by atoms with Crippen molar-refractivity contribution in [3.63, 3.8) is 0 Å². The van der Waals surface area contributed by atoms with Crippen LogP contribution in [0, 0.1) is 5.92 Å². The second-order valence-corrected chi connectivity index (χ2v) is 4.62. The Morgan fingerprint density at radius 2 is 2.18 bits per heavy atom. The van der Waals surface area contributed by atoms with Crippen LogP contribution in [-0.2, 0) is 0 Å². The number of aliphatic hydroxyl groups excluding tert-OH is 1. The van der Waals surface area contributed by atoms with Gasteiger partial charge in [-0.2, -0.15) is 0 Å². The number of aromatic nitrogens is 1. The largest absolute Gasteiger partial charge is 0.396 e. The zero-order valence-electron chi connectivity index (χ0n) is 10.9. The topological polar surface area (TPSA) is 45.1 Å². The van der Waals surface area contributed by atoms with Gasteiger partial charge in [0.2, 0.25) is 0 Å². The Morgan fingerprint density at radius 1 is 1.35 bits per heavy atom. The summed E-state index contributed by atoms with van der Waals surface area (Å²) in [6.07, 6.45) is 4.94. The Kier molecular flexibility index (Phi) is 6.82. The van der Waals surface area contributed by atoms with Gasteiger partial charge in [-0.3, -0.25) is 4.98 Å². The van der Waals surface area contributed by atoms with Crippen molar-refractivity contribution in [1.82, 2.24) is 10.3 Å². The highest BCUT2D eigenvalue weighted by molar-refractivity contribution is 5.08. The summed E-state index contributed by atoms with van der Waals surface area (Å²) in [7, 11) is 0. The lowest BCUT2D eigenvalue weighted by molar-refractivity contribution is 0.257. The number of nitrogens with one attached hydrogen (secondary N) is 1. The van der Waals surface area contributed by atoms with Gasteiger partial charge in [-0.1, -0.05) is 26.3 Å². The van der Waals surface area contributed by atoms with E-state index in [1.165, 1.54) is 0 Å². The van der Waals surface area contributed by atoms with Gasteiger partial charge in [0.25, 0.3) is 0 Å². The third-order valence-electron chi connectivity index (χ3n) is 2.96. The van der Waals surface area contributed by atoms with Crippen molar-refractivity contribution in [2.45, 2.75) is 39.2 Å². The van der Waals surface area contributed by atoms with E-state index in [4.69, 9.17) is 5.11 Å². The molecule has 1 aromatic rings. The molecule has 96 valence electrons. The molecule has 2 atom stereocenters. The maximum atomic E-state index is 8.88. The fourth-order valence-electron chi connectivity index (χ4n) is 1.89. The van der Waals surface area contributed by atoms with Crippen molar-refractivity contribution < 1.29 is 5.11 Å². The number of pyridine rings is 1. The summed E-state index contributed by atoms with van der Waals surface area (Å²) >= 11 is 0. The molecule has 1 heterocycles. The highest BCUT2D eigenvalue weighted by Crippen LogP contribution is 2.16. The van der Waals surface area contributed by atoms with Crippen molar-refractivity contribution in [3.05, 3.63) is 30.1 Å². The van der Waals surface area contributed by atoms with Crippen LogP contribution in [0.15, 0.2) is 24.4 Å². The zero-order valence-corrected chi connectivity index (χ0v) is 10.9. The maximum absolute atomic E-state index is 8.88. The lowest BCUT2D eigenvalue weighted by Crippen LogP contribution is -2.27. The maximum Gasteiger partial charge on any atom is 0.0573 e. The Bertz CT molecular complexity index is 290. The summed E-state index contributed by atoms with van der Waals surface area (Å²) in [4.78, 5) is 4.41. The molecule has 0 bridgehead atoms. The van der Waals surface area contributed by atoms with Gasteiger partial charge in [0, 0.05) is 18.8 Å². The number of aliphatic hydroxyl groups is 1. The lowest BCUT2D eigenvalue weighted by Gasteiger charge is -2.20. The first-order valence-electron chi connectivity index (χ1n) is 6.53. The molecule has 0 aliphatic rings. The number of rotatable bonds is 8. The number of nitrogens with zero attached hydrogens (tertiary/aromatic N) is 1. The molecular weight excluding hydrogens is 212 g/mol. The third kappa shape index (κ3) is 5.29. The predicted octanol–water partition coefficient (Wildman–Crippen LogP) is 2.53. The second-order valence-electron chi connectivity index (χ2n) is 4.62. The minimum absolute atomic E-state index is 0.269. The fourth-order valence-corrected chi connectivity index (χ4v) is 1.89. The van der Waals surface area contributed by atoms with E-state index in [-0.39, 0.29) is 6.61 Å². The first-order chi connectivity index (χ1) is 8.27. The monoisotopic (exact) mass is 236 g/mol. The van der Waals surface area contributed by atoms with E-state index in [0.29, 0.717) is 12.0 Å². The van der Waals surface area contributed by atoms with Crippen molar-refractivity contribution >= 4 is 0 Å². The van der Waals surface area contributed by atoms with Gasteiger partial charge in [0.05, 0.1) is 5.69 Å². The second kappa shape index (κ2) is 8.20. The zero-order chi connectivity index (χ0) is 12.5. The molecule has 3 heteroatoms. The van der Waals surface area contributed by atoms with Gasteiger partial charge < -0.3 is 10.4 Å². The molecule has 1 aromatic heterocycles. The average molecular weight is 236 g/mol. The molecule has 2 unspecified atom stereocenters. The SMILES string of the molecule is CCCC(NCC(C)CCO)c1ccccn1. The van der Waals surface area contributed by atoms with Crippen LogP contribution in [0.4, 0.5) is 0 Å². The molecule has 2 N–H and O–H groups in total. The fraction of sp³-hybridized carbons (Fsp3) is 0.643. The summed E-state index contributed by atoms with van der Waals surface area (Å²) in [6.45, 7) is 5.55. The Labute approximate surface area is 104 Å². The standard InChI is InChI=1S/C14H24N2O/c1-3-6-13(14-7-4-5-9-15-14)16-11-12(2)8-10-17/h4-5,7,9,12-13,16-17H,3,6,8,10-11H2,1-2H3. The highest BCUT2D eigenvalue weighted by atomic mass is 16.3. The van der Waals surface area contributed by atoms with Crippen LogP contribution in [0.25, 0.3) is 0 Å². The van der Waals surface area contributed by atoms with Crippen LogP contribution in [0.2, 0.25) is 0 Å². The molecule has 0 saturated heterocycles. The van der Waals surface area contributed by atoms with E-state index in [1.54, 1.807) is 0 Å². The Morgan fingerprint density at radius 3 is 2.76 bits per heavy atom. The average Bonchev–Trinajstić information content (AvgIpc) is 2.36. The molecule has 3 nitrogen and oxygen atoms in total. The molecule has 0 aromatic carbocycles. The molecule has 0 fully saturated rings. The summed E-state index contributed by atoms with van der Waals surface area (Å²) in [6, 6.07) is 6.39. The van der Waals surface area contributed by atoms with E-state index in [1.807, 2.05) is 18.3 Å². The summed E-state index contributed by atoms with van der Waals surface area (Å²) in [5.41, 5.74) is 1.12. The number of hydrogen-bond donors (Lipinski definition) is 2. The highest BCUT2D eigenvalue weighted by Gasteiger charge is 2.12. The molecule has 0 aliphatic heterocycles. The van der Waals surface area contributed by atoms with Crippen LogP contribution in [-0.4, -0.2) is 23.2 Å². The minimum atomic E-state index is 0.269. The van der Waals surface area contributed by atoms with Gasteiger partial charge in [-0.15, -0.1) is 0 Å². The normalized spacial score (nSPS) is 14.5. The molecule has 0 saturated carbocycles. The summed E-state index contributed by atoms with van der Waals surface area (Å²) < 4.78 is 0. The van der Waals surface area contributed by atoms with Crippen LogP contribution < -0.4 is 5.32 Å². The third-order valence-corrected chi connectivity index (χ3v) is 2.96.